The highest BCUT2D eigenvalue weighted by Crippen LogP contribution is 2.23. The van der Waals surface area contributed by atoms with Gasteiger partial charge in [0.05, 0.1) is 10.5 Å². The van der Waals surface area contributed by atoms with Gasteiger partial charge in [0.2, 0.25) is 10.0 Å². The molecule has 0 saturated heterocycles. The van der Waals surface area contributed by atoms with Crippen LogP contribution in [0.5, 0.6) is 0 Å². The summed E-state index contributed by atoms with van der Waals surface area (Å²) in [6.07, 6.45) is 2.99. The van der Waals surface area contributed by atoms with Crippen molar-refractivity contribution in [3.63, 3.8) is 0 Å². The van der Waals surface area contributed by atoms with Crippen LogP contribution < -0.4 is 5.32 Å². The van der Waals surface area contributed by atoms with Crippen molar-refractivity contribution in [2.24, 2.45) is 0 Å². The Kier molecular flexibility index (Phi) is 6.46. The van der Waals surface area contributed by atoms with E-state index in [0.29, 0.717) is 16.1 Å². The monoisotopic (exact) mass is 387 g/mol. The van der Waals surface area contributed by atoms with Crippen molar-refractivity contribution in [2.45, 2.75) is 4.90 Å². The van der Waals surface area contributed by atoms with Gasteiger partial charge in [-0.2, -0.15) is 9.57 Å². The van der Waals surface area contributed by atoms with Crippen LogP contribution in [0.25, 0.3) is 0 Å². The summed E-state index contributed by atoms with van der Waals surface area (Å²) in [5.41, 5.74) is 0.673. The highest BCUT2D eigenvalue weighted by Gasteiger charge is 2.22. The molecule has 0 aliphatic carbocycles. The molecule has 1 aromatic carbocycles. The normalized spacial score (nSPS) is 10.9. The van der Waals surface area contributed by atoms with E-state index in [-0.39, 0.29) is 18.0 Å². The maximum Gasteiger partial charge on any atom is 0.256 e. The molecule has 0 saturated carbocycles. The third kappa shape index (κ3) is 4.26. The van der Waals surface area contributed by atoms with Gasteiger partial charge in [0.25, 0.3) is 5.91 Å². The Bertz CT molecular complexity index is 944. The molecule has 0 atom stereocenters. The minimum absolute atomic E-state index is 0.0755. The average molecular weight is 387 g/mol. The number of hydrogen-bond donors (Lipinski definition) is 1. The smallest absolute Gasteiger partial charge is 0.256 e. The number of nitrogens with zero attached hydrogens (tertiary/aromatic N) is 2. The second-order valence-corrected chi connectivity index (χ2v) is 8.01. The molecule has 26 heavy (non-hydrogen) atoms. The van der Waals surface area contributed by atoms with Gasteiger partial charge < -0.3 is 5.32 Å². The zero-order valence-electron chi connectivity index (χ0n) is 13.9. The average Bonchev–Trinajstić information content (AvgIpc) is 3.08. The summed E-state index contributed by atoms with van der Waals surface area (Å²) in [6, 6.07) is 9.23. The lowest BCUT2D eigenvalue weighted by atomic mass is 10.2. The molecule has 1 N–H and O–H groups in total. The van der Waals surface area contributed by atoms with Crippen molar-refractivity contribution in [2.75, 3.05) is 18.4 Å². The van der Waals surface area contributed by atoms with Gasteiger partial charge in [0.1, 0.15) is 11.1 Å². The lowest BCUT2D eigenvalue weighted by Gasteiger charge is -2.19. The molecule has 0 bridgehead atoms. The molecule has 1 aromatic heterocycles. The molecule has 6 nitrogen and oxygen atoms in total. The summed E-state index contributed by atoms with van der Waals surface area (Å²) in [6.45, 7) is 7.44. The zero-order valence-corrected chi connectivity index (χ0v) is 15.5. The first-order chi connectivity index (χ1) is 12.4. The fraction of sp³-hybridized carbons (Fsp3) is 0.111. The third-order valence-corrected chi connectivity index (χ3v) is 6.11. The topological polar surface area (TPSA) is 90.3 Å². The number of carbonyl (C=O) groups is 1. The van der Waals surface area contributed by atoms with Crippen LogP contribution >= 0.6 is 11.3 Å². The van der Waals surface area contributed by atoms with Gasteiger partial charge in [-0.3, -0.25) is 4.79 Å². The number of nitriles is 1. The summed E-state index contributed by atoms with van der Waals surface area (Å²) >= 11 is 1.24. The standard InChI is InChI=1S/C18H17N3O3S2/c1-3-10-21(11-4-2)26(23,24)16-7-5-14(6-8-16)17(22)20-18-15(13-19)9-12-25-18/h3-9,12H,1-2,10-11H2,(H,20,22). The minimum atomic E-state index is -3.71. The third-order valence-electron chi connectivity index (χ3n) is 3.43. The molecule has 2 rings (SSSR count). The molecule has 0 spiro atoms. The predicted molar refractivity (Wildman–Crippen MR) is 103 cm³/mol. The Morgan fingerprint density at radius 2 is 1.81 bits per heavy atom. The molecule has 0 unspecified atom stereocenters. The van der Waals surface area contributed by atoms with Crippen molar-refractivity contribution in [3.8, 4) is 6.07 Å². The number of hydrogen-bond acceptors (Lipinski definition) is 5. The Hall–Kier alpha value is -2.73. The first-order valence-electron chi connectivity index (χ1n) is 7.55. The molecule has 8 heteroatoms. The fourth-order valence-corrected chi connectivity index (χ4v) is 4.27. The number of amides is 1. The fourth-order valence-electron chi connectivity index (χ4n) is 2.16. The molecule has 134 valence electrons. The predicted octanol–water partition coefficient (Wildman–Crippen LogP) is 3.23. The molecule has 1 amide bonds. The number of thiophene rings is 1. The summed E-state index contributed by atoms with van der Waals surface area (Å²) in [4.78, 5) is 12.4. The number of benzene rings is 1. The van der Waals surface area contributed by atoms with Crippen molar-refractivity contribution in [1.82, 2.24) is 4.31 Å². The number of nitrogens with one attached hydrogen (secondary N) is 1. The van der Waals surface area contributed by atoms with Crippen LogP contribution in [0, 0.1) is 11.3 Å². The summed E-state index contributed by atoms with van der Waals surface area (Å²) in [7, 11) is -3.71. The van der Waals surface area contributed by atoms with Crippen LogP contribution in [0.2, 0.25) is 0 Å². The van der Waals surface area contributed by atoms with Crippen molar-refractivity contribution < 1.29 is 13.2 Å². The lowest BCUT2D eigenvalue weighted by molar-refractivity contribution is 0.102. The number of rotatable bonds is 8. The Balaban J connectivity index is 2.21. The van der Waals surface area contributed by atoms with E-state index in [4.69, 9.17) is 5.26 Å². The van der Waals surface area contributed by atoms with Gasteiger partial charge in [-0.15, -0.1) is 24.5 Å². The van der Waals surface area contributed by atoms with E-state index in [2.05, 4.69) is 18.5 Å². The molecule has 0 aliphatic rings. The molecule has 1 heterocycles. The van der Waals surface area contributed by atoms with Gasteiger partial charge in [-0.05, 0) is 35.7 Å². The first kappa shape index (κ1) is 19.6. The van der Waals surface area contributed by atoms with E-state index < -0.39 is 15.9 Å². The van der Waals surface area contributed by atoms with Gasteiger partial charge in [0, 0.05) is 18.7 Å². The largest absolute Gasteiger partial charge is 0.312 e. The van der Waals surface area contributed by atoms with Crippen LogP contribution in [0.4, 0.5) is 5.00 Å². The van der Waals surface area contributed by atoms with Crippen LogP contribution in [-0.2, 0) is 10.0 Å². The molecular weight excluding hydrogens is 370 g/mol. The Morgan fingerprint density at radius 3 is 2.35 bits per heavy atom. The summed E-state index contributed by atoms with van der Waals surface area (Å²) < 4.78 is 26.5. The first-order valence-corrected chi connectivity index (χ1v) is 9.87. The second kappa shape index (κ2) is 8.58. The molecule has 0 aliphatic heterocycles. The molecular formula is C18H17N3O3S2. The highest BCUT2D eigenvalue weighted by atomic mass is 32.2. The van der Waals surface area contributed by atoms with Gasteiger partial charge in [-0.25, -0.2) is 8.42 Å². The second-order valence-electron chi connectivity index (χ2n) is 5.15. The maximum atomic E-state index is 12.6. The van der Waals surface area contributed by atoms with Crippen LogP contribution in [-0.4, -0.2) is 31.7 Å². The van der Waals surface area contributed by atoms with Gasteiger partial charge >= 0.3 is 0 Å². The molecule has 2 aromatic rings. The van der Waals surface area contributed by atoms with Gasteiger partial charge in [-0.1, -0.05) is 12.2 Å². The lowest BCUT2D eigenvalue weighted by Crippen LogP contribution is -2.31. The number of carbonyl (C=O) groups excluding carboxylic acids is 1. The van der Waals surface area contributed by atoms with E-state index >= 15 is 0 Å². The minimum Gasteiger partial charge on any atom is -0.312 e. The van der Waals surface area contributed by atoms with E-state index in [1.807, 2.05) is 6.07 Å². The highest BCUT2D eigenvalue weighted by molar-refractivity contribution is 7.89. The van der Waals surface area contributed by atoms with Gasteiger partial charge in [0.15, 0.2) is 0 Å². The van der Waals surface area contributed by atoms with Crippen molar-refractivity contribution in [3.05, 3.63) is 72.1 Å². The van der Waals surface area contributed by atoms with Crippen molar-refractivity contribution >= 4 is 32.3 Å². The Labute approximate surface area is 156 Å². The summed E-state index contributed by atoms with van der Waals surface area (Å²) in [5, 5.41) is 13.8. The zero-order chi connectivity index (χ0) is 19.2. The van der Waals surface area contributed by atoms with Crippen molar-refractivity contribution in [1.29, 1.82) is 5.26 Å². The van der Waals surface area contributed by atoms with Crippen LogP contribution in [0.3, 0.4) is 0 Å². The van der Waals surface area contributed by atoms with E-state index in [1.165, 1.54) is 52.1 Å². The number of sulfonamides is 1. The quantitative estimate of drug-likeness (QED) is 0.704. The Morgan fingerprint density at radius 1 is 1.19 bits per heavy atom. The van der Waals surface area contributed by atoms with Crippen LogP contribution in [0.1, 0.15) is 15.9 Å². The van der Waals surface area contributed by atoms with E-state index in [0.717, 1.165) is 0 Å². The number of anilines is 1. The molecule has 0 radical (unpaired) electrons. The van der Waals surface area contributed by atoms with E-state index in [9.17, 15) is 13.2 Å². The van der Waals surface area contributed by atoms with Crippen LogP contribution in [0.15, 0.2) is 65.9 Å². The van der Waals surface area contributed by atoms with E-state index in [1.54, 1.807) is 11.4 Å². The molecule has 0 fully saturated rings. The summed E-state index contributed by atoms with van der Waals surface area (Å²) in [5.74, 6) is -0.415. The maximum absolute atomic E-state index is 12.6. The SMILES string of the molecule is C=CCN(CC=C)S(=O)(=O)c1ccc(C(=O)Nc2sccc2C#N)cc1.